The fraction of sp³-hybridized carbons (Fsp3) is 0.625. The van der Waals surface area contributed by atoms with Crippen molar-refractivity contribution in [2.75, 3.05) is 13.2 Å². The highest BCUT2D eigenvalue weighted by Crippen LogP contribution is 2.36. The summed E-state index contributed by atoms with van der Waals surface area (Å²) in [6.45, 7) is 8.99. The van der Waals surface area contributed by atoms with Crippen LogP contribution in [0.5, 0.6) is 5.75 Å². The quantitative estimate of drug-likeness (QED) is 0.644. The molecule has 0 bridgehead atoms. The van der Waals surface area contributed by atoms with Gasteiger partial charge in [-0.25, -0.2) is 0 Å². The summed E-state index contributed by atoms with van der Waals surface area (Å²) >= 11 is 0. The highest BCUT2D eigenvalue weighted by Gasteiger charge is 2.51. The van der Waals surface area contributed by atoms with E-state index in [9.17, 15) is 0 Å². The lowest BCUT2D eigenvalue weighted by Crippen LogP contribution is -2.41. The van der Waals surface area contributed by atoms with Gasteiger partial charge in [-0.15, -0.1) is 0 Å². The Morgan fingerprint density at radius 1 is 1.10 bits per heavy atom. The van der Waals surface area contributed by atoms with E-state index >= 15 is 0 Å². The summed E-state index contributed by atoms with van der Waals surface area (Å²) in [6.07, 6.45) is 1.61. The Morgan fingerprint density at radius 2 is 1.76 bits per heavy atom. The lowest BCUT2D eigenvalue weighted by molar-refractivity contribution is 0.00578. The summed E-state index contributed by atoms with van der Waals surface area (Å²) in [6, 6.07) is 7.82. The Labute approximate surface area is 127 Å². The minimum Gasteiger partial charge on any atom is -0.494 e. The van der Waals surface area contributed by atoms with Crippen molar-refractivity contribution in [3.8, 4) is 5.75 Å². The SMILES string of the molecule is CC1(C)OB(c2cccc(OCCCCO)c2)OC1(C)C. The minimum atomic E-state index is -0.365. The predicted octanol–water partition coefficient (Wildman–Crippen LogP) is 2.14. The first-order valence-electron chi connectivity index (χ1n) is 7.55. The number of hydrogen-bond donors (Lipinski definition) is 1. The van der Waals surface area contributed by atoms with Crippen LogP contribution in [0.25, 0.3) is 0 Å². The van der Waals surface area contributed by atoms with E-state index in [-0.39, 0.29) is 24.9 Å². The molecule has 0 saturated carbocycles. The normalized spacial score (nSPS) is 19.8. The van der Waals surface area contributed by atoms with E-state index < -0.39 is 0 Å². The largest absolute Gasteiger partial charge is 0.494 e. The van der Waals surface area contributed by atoms with Crippen molar-refractivity contribution >= 4 is 12.6 Å². The third-order valence-corrected chi connectivity index (χ3v) is 4.20. The number of unbranched alkanes of at least 4 members (excludes halogenated alkanes) is 1. The molecule has 0 spiro atoms. The van der Waals surface area contributed by atoms with Crippen molar-refractivity contribution in [3.63, 3.8) is 0 Å². The van der Waals surface area contributed by atoms with Crippen molar-refractivity contribution in [2.24, 2.45) is 0 Å². The highest BCUT2D eigenvalue weighted by molar-refractivity contribution is 6.62. The molecule has 5 heteroatoms. The number of ether oxygens (including phenoxy) is 1. The molecule has 1 aromatic carbocycles. The van der Waals surface area contributed by atoms with E-state index in [2.05, 4.69) is 0 Å². The molecule has 1 aromatic rings. The molecule has 0 aliphatic carbocycles. The van der Waals surface area contributed by atoms with Crippen LogP contribution in [0, 0.1) is 0 Å². The van der Waals surface area contributed by atoms with E-state index in [4.69, 9.17) is 19.2 Å². The number of aliphatic hydroxyl groups is 1. The third-order valence-electron chi connectivity index (χ3n) is 4.20. The summed E-state index contributed by atoms with van der Waals surface area (Å²) in [4.78, 5) is 0. The van der Waals surface area contributed by atoms with Crippen molar-refractivity contribution in [3.05, 3.63) is 24.3 Å². The van der Waals surface area contributed by atoms with Gasteiger partial charge in [-0.2, -0.15) is 0 Å². The van der Waals surface area contributed by atoms with Gasteiger partial charge in [0.15, 0.2) is 0 Å². The van der Waals surface area contributed by atoms with Crippen molar-refractivity contribution in [2.45, 2.75) is 51.7 Å². The highest BCUT2D eigenvalue weighted by atomic mass is 16.7. The van der Waals surface area contributed by atoms with Crippen LogP contribution in [-0.4, -0.2) is 36.6 Å². The Kier molecular flexibility index (Phi) is 4.97. The van der Waals surface area contributed by atoms with E-state index in [1.807, 2.05) is 52.0 Å². The molecule has 21 heavy (non-hydrogen) atoms. The monoisotopic (exact) mass is 292 g/mol. The number of rotatable bonds is 6. The van der Waals surface area contributed by atoms with Crippen molar-refractivity contribution < 1.29 is 19.2 Å². The van der Waals surface area contributed by atoms with Gasteiger partial charge < -0.3 is 19.2 Å². The van der Waals surface area contributed by atoms with E-state index in [1.165, 1.54) is 0 Å². The molecule has 1 fully saturated rings. The van der Waals surface area contributed by atoms with Crippen LogP contribution in [0.3, 0.4) is 0 Å². The first-order valence-corrected chi connectivity index (χ1v) is 7.55. The van der Waals surface area contributed by atoms with Gasteiger partial charge in [0.05, 0.1) is 17.8 Å². The Hall–Kier alpha value is -1.04. The molecule has 1 aliphatic heterocycles. The fourth-order valence-electron chi connectivity index (χ4n) is 2.13. The molecule has 0 unspecified atom stereocenters. The van der Waals surface area contributed by atoms with Crippen LogP contribution in [0.2, 0.25) is 0 Å². The molecule has 1 aliphatic rings. The predicted molar refractivity (Wildman–Crippen MR) is 84.0 cm³/mol. The average molecular weight is 292 g/mol. The number of aliphatic hydroxyl groups excluding tert-OH is 1. The first-order chi connectivity index (χ1) is 9.86. The molecule has 0 amide bonds. The maximum atomic E-state index is 8.76. The van der Waals surface area contributed by atoms with Crippen LogP contribution in [0.15, 0.2) is 24.3 Å². The second-order valence-electron chi connectivity index (χ2n) is 6.44. The third kappa shape index (κ3) is 3.79. The van der Waals surface area contributed by atoms with Crippen molar-refractivity contribution in [1.29, 1.82) is 0 Å². The number of benzene rings is 1. The summed E-state index contributed by atoms with van der Waals surface area (Å²) in [7, 11) is -0.365. The number of hydrogen-bond acceptors (Lipinski definition) is 4. The van der Waals surface area contributed by atoms with Crippen LogP contribution in [0.1, 0.15) is 40.5 Å². The second kappa shape index (κ2) is 6.38. The van der Waals surface area contributed by atoms with Crippen LogP contribution in [-0.2, 0) is 9.31 Å². The zero-order valence-corrected chi connectivity index (χ0v) is 13.4. The fourth-order valence-corrected chi connectivity index (χ4v) is 2.13. The molecule has 0 atom stereocenters. The summed E-state index contributed by atoms with van der Waals surface area (Å²) in [5.41, 5.74) is 0.291. The average Bonchev–Trinajstić information content (AvgIpc) is 2.64. The Bertz CT molecular complexity index is 457. The standard InChI is InChI=1S/C16H25BO4/c1-15(2)16(3,4)21-17(20-15)13-8-7-9-14(12-13)19-11-6-5-10-18/h7-9,12,18H,5-6,10-11H2,1-4H3. The summed E-state index contributed by atoms with van der Waals surface area (Å²) < 4.78 is 17.8. The van der Waals surface area contributed by atoms with Gasteiger partial charge in [-0.05, 0) is 58.1 Å². The van der Waals surface area contributed by atoms with Gasteiger partial charge in [0.2, 0.25) is 0 Å². The first kappa shape index (κ1) is 16.3. The van der Waals surface area contributed by atoms with Gasteiger partial charge in [0.1, 0.15) is 5.75 Å². The van der Waals surface area contributed by atoms with Gasteiger partial charge in [-0.3, -0.25) is 0 Å². The van der Waals surface area contributed by atoms with E-state index in [1.54, 1.807) is 0 Å². The molecule has 116 valence electrons. The molecular formula is C16H25BO4. The summed E-state index contributed by atoms with van der Waals surface area (Å²) in [5.74, 6) is 0.806. The zero-order chi connectivity index (χ0) is 15.5. The van der Waals surface area contributed by atoms with Crippen LogP contribution >= 0.6 is 0 Å². The van der Waals surface area contributed by atoms with E-state index in [0.29, 0.717) is 6.61 Å². The molecule has 0 radical (unpaired) electrons. The van der Waals surface area contributed by atoms with Crippen LogP contribution < -0.4 is 10.2 Å². The zero-order valence-electron chi connectivity index (χ0n) is 13.4. The van der Waals surface area contributed by atoms with Gasteiger partial charge >= 0.3 is 7.12 Å². The molecular weight excluding hydrogens is 267 g/mol. The maximum Gasteiger partial charge on any atom is 0.494 e. The van der Waals surface area contributed by atoms with Gasteiger partial charge in [-0.1, -0.05) is 12.1 Å². The Morgan fingerprint density at radius 3 is 2.38 bits per heavy atom. The second-order valence-corrected chi connectivity index (χ2v) is 6.44. The molecule has 4 nitrogen and oxygen atoms in total. The lowest BCUT2D eigenvalue weighted by atomic mass is 9.79. The van der Waals surface area contributed by atoms with Crippen molar-refractivity contribution in [1.82, 2.24) is 0 Å². The summed E-state index contributed by atoms with van der Waals surface area (Å²) in [5, 5.41) is 8.76. The molecule has 1 saturated heterocycles. The smallest absolute Gasteiger partial charge is 0.494 e. The topological polar surface area (TPSA) is 47.9 Å². The Balaban J connectivity index is 2.02. The molecule has 0 aromatic heterocycles. The minimum absolute atomic E-state index is 0.206. The van der Waals surface area contributed by atoms with Crippen LogP contribution in [0.4, 0.5) is 0 Å². The van der Waals surface area contributed by atoms with Gasteiger partial charge in [0, 0.05) is 6.61 Å². The maximum absolute atomic E-state index is 8.76. The lowest BCUT2D eigenvalue weighted by Gasteiger charge is -2.32. The van der Waals surface area contributed by atoms with E-state index in [0.717, 1.165) is 24.1 Å². The molecule has 1 heterocycles. The van der Waals surface area contributed by atoms with Gasteiger partial charge in [0.25, 0.3) is 0 Å². The molecule has 2 rings (SSSR count). The molecule has 1 N–H and O–H groups in total.